The van der Waals surface area contributed by atoms with Crippen LogP contribution in [-0.2, 0) is 0 Å². The molecule has 2 rings (SSSR count). The molecule has 0 fully saturated rings. The van der Waals surface area contributed by atoms with E-state index in [4.69, 9.17) is 11.1 Å². The van der Waals surface area contributed by atoms with Gasteiger partial charge in [0.2, 0.25) is 0 Å². The van der Waals surface area contributed by atoms with Crippen molar-refractivity contribution in [3.8, 4) is 6.07 Å². The molecule has 1 amide bonds. The molecule has 0 bridgehead atoms. The van der Waals surface area contributed by atoms with Crippen molar-refractivity contribution in [3.63, 3.8) is 0 Å². The van der Waals surface area contributed by atoms with Crippen molar-refractivity contribution in [3.05, 3.63) is 53.6 Å². The highest BCUT2D eigenvalue weighted by Gasteiger charge is 2.09. The van der Waals surface area contributed by atoms with E-state index in [1.807, 2.05) is 0 Å². The number of nitrogens with one attached hydrogen (secondary N) is 2. The van der Waals surface area contributed by atoms with Crippen molar-refractivity contribution in [1.29, 1.82) is 5.26 Å². The summed E-state index contributed by atoms with van der Waals surface area (Å²) in [6.07, 6.45) is 1.40. The fourth-order valence-electron chi connectivity index (χ4n) is 1.50. The summed E-state index contributed by atoms with van der Waals surface area (Å²) in [6, 6.07) is 8.51. The number of amides is 1. The molecule has 20 heavy (non-hydrogen) atoms. The summed E-state index contributed by atoms with van der Waals surface area (Å²) in [7, 11) is 0. The maximum atomic E-state index is 13.1. The summed E-state index contributed by atoms with van der Waals surface area (Å²) >= 11 is 0. The number of benzene rings is 1. The number of nitrogens with zero attached hydrogens (tertiary/aromatic N) is 2. The molecule has 0 aliphatic rings. The highest BCUT2D eigenvalue weighted by atomic mass is 19.1. The number of hydrogen-bond donors (Lipinski definition) is 3. The lowest BCUT2D eigenvalue weighted by Gasteiger charge is -2.06. The average Bonchev–Trinajstić information content (AvgIpc) is 2.49. The van der Waals surface area contributed by atoms with E-state index >= 15 is 0 Å². The van der Waals surface area contributed by atoms with E-state index in [0.29, 0.717) is 11.4 Å². The molecule has 6 nitrogen and oxygen atoms in total. The third-order valence-electron chi connectivity index (χ3n) is 2.51. The average molecular weight is 271 g/mol. The first-order valence-corrected chi connectivity index (χ1v) is 5.57. The minimum absolute atomic E-state index is 0.140. The van der Waals surface area contributed by atoms with Crippen LogP contribution in [0, 0.1) is 17.1 Å². The molecule has 0 saturated carbocycles. The number of rotatable bonds is 3. The number of carbonyl (C=O) groups is 1. The largest absolute Gasteiger partial charge is 0.323 e. The minimum Gasteiger partial charge on any atom is -0.323 e. The fraction of sp³-hybridized carbons (Fsp3) is 0. The molecule has 100 valence electrons. The van der Waals surface area contributed by atoms with Crippen LogP contribution in [0.5, 0.6) is 0 Å². The molecule has 0 spiro atoms. The normalized spacial score (nSPS) is 9.65. The Balaban J connectivity index is 2.17. The van der Waals surface area contributed by atoms with Gasteiger partial charge in [0.15, 0.2) is 0 Å². The molecule has 0 aliphatic carbocycles. The number of aromatic nitrogens is 1. The first kappa shape index (κ1) is 13.5. The van der Waals surface area contributed by atoms with Crippen LogP contribution < -0.4 is 16.6 Å². The van der Waals surface area contributed by atoms with Crippen LogP contribution in [0.1, 0.15) is 16.1 Å². The van der Waals surface area contributed by atoms with Gasteiger partial charge >= 0.3 is 0 Å². The van der Waals surface area contributed by atoms with Gasteiger partial charge in [0.05, 0.1) is 17.4 Å². The SMILES string of the molecule is N#Cc1cc(NC(=O)c2ccc(NN)cn2)ccc1F. The lowest BCUT2D eigenvalue weighted by molar-refractivity contribution is 0.102. The molecule has 1 heterocycles. The zero-order chi connectivity index (χ0) is 14.5. The van der Waals surface area contributed by atoms with Crippen LogP contribution in [-0.4, -0.2) is 10.9 Å². The Morgan fingerprint density at radius 3 is 2.65 bits per heavy atom. The van der Waals surface area contributed by atoms with Gasteiger partial charge in [-0.2, -0.15) is 5.26 Å². The molecular formula is C13H10FN5O. The van der Waals surface area contributed by atoms with E-state index in [1.165, 1.54) is 24.4 Å². The number of halogens is 1. The molecule has 0 atom stereocenters. The number of nitrogens with two attached hydrogens (primary N) is 1. The standard InChI is InChI=1S/C13H10FN5O/c14-11-3-1-9(5-8(11)6-15)18-13(20)12-4-2-10(19-16)7-17-12/h1-5,7,19H,16H2,(H,18,20). The van der Waals surface area contributed by atoms with E-state index in [9.17, 15) is 9.18 Å². The molecule has 0 unspecified atom stereocenters. The van der Waals surface area contributed by atoms with E-state index in [2.05, 4.69) is 15.7 Å². The Kier molecular flexibility index (Phi) is 3.88. The van der Waals surface area contributed by atoms with Gasteiger partial charge in [-0.1, -0.05) is 0 Å². The van der Waals surface area contributed by atoms with Crippen LogP contribution in [0.25, 0.3) is 0 Å². The fourth-order valence-corrected chi connectivity index (χ4v) is 1.50. The van der Waals surface area contributed by atoms with Gasteiger partial charge in [-0.25, -0.2) is 9.37 Å². The van der Waals surface area contributed by atoms with Crippen molar-refractivity contribution in [2.24, 2.45) is 5.84 Å². The maximum absolute atomic E-state index is 13.1. The number of anilines is 2. The molecular weight excluding hydrogens is 261 g/mol. The molecule has 1 aromatic carbocycles. The van der Waals surface area contributed by atoms with Gasteiger partial charge in [-0.05, 0) is 30.3 Å². The first-order chi connectivity index (χ1) is 9.63. The van der Waals surface area contributed by atoms with Crippen LogP contribution in [0.3, 0.4) is 0 Å². The number of hydrazine groups is 1. The molecule has 0 aliphatic heterocycles. The summed E-state index contributed by atoms with van der Waals surface area (Å²) in [5.74, 6) is 4.08. The molecule has 0 saturated heterocycles. The summed E-state index contributed by atoms with van der Waals surface area (Å²) in [5, 5.41) is 11.2. The number of hydrogen-bond acceptors (Lipinski definition) is 5. The first-order valence-electron chi connectivity index (χ1n) is 5.57. The smallest absolute Gasteiger partial charge is 0.274 e. The Bertz CT molecular complexity index is 678. The molecule has 2 aromatic rings. The number of nitriles is 1. The van der Waals surface area contributed by atoms with Crippen LogP contribution >= 0.6 is 0 Å². The van der Waals surface area contributed by atoms with Crippen molar-refractivity contribution in [2.45, 2.75) is 0 Å². The van der Waals surface area contributed by atoms with Gasteiger partial charge in [-0.15, -0.1) is 0 Å². The topological polar surface area (TPSA) is 104 Å². The summed E-state index contributed by atoms with van der Waals surface area (Å²) in [5.41, 5.74) is 3.31. The van der Waals surface area contributed by atoms with Crippen molar-refractivity contribution in [1.82, 2.24) is 4.98 Å². The van der Waals surface area contributed by atoms with E-state index in [-0.39, 0.29) is 11.3 Å². The summed E-state index contributed by atoms with van der Waals surface area (Å²) in [4.78, 5) is 15.8. The third kappa shape index (κ3) is 2.88. The van der Waals surface area contributed by atoms with Gasteiger partial charge < -0.3 is 10.7 Å². The van der Waals surface area contributed by atoms with E-state index < -0.39 is 11.7 Å². The predicted octanol–water partition coefficient (Wildman–Crippen LogP) is 1.63. The highest BCUT2D eigenvalue weighted by Crippen LogP contribution is 2.15. The van der Waals surface area contributed by atoms with E-state index in [1.54, 1.807) is 12.1 Å². The van der Waals surface area contributed by atoms with Crippen LogP contribution in [0.4, 0.5) is 15.8 Å². The second-order valence-electron chi connectivity index (χ2n) is 3.84. The van der Waals surface area contributed by atoms with Gasteiger partial charge in [0.25, 0.3) is 5.91 Å². The zero-order valence-electron chi connectivity index (χ0n) is 10.2. The van der Waals surface area contributed by atoms with Crippen molar-refractivity contribution < 1.29 is 9.18 Å². The second kappa shape index (κ2) is 5.77. The van der Waals surface area contributed by atoms with Crippen molar-refractivity contribution >= 4 is 17.3 Å². The lowest BCUT2D eigenvalue weighted by atomic mass is 10.2. The van der Waals surface area contributed by atoms with Crippen LogP contribution in [0.2, 0.25) is 0 Å². The molecule has 1 aromatic heterocycles. The number of nitrogen functional groups attached to an aromatic ring is 1. The number of carbonyl (C=O) groups excluding carboxylic acids is 1. The third-order valence-corrected chi connectivity index (χ3v) is 2.51. The highest BCUT2D eigenvalue weighted by molar-refractivity contribution is 6.03. The quantitative estimate of drug-likeness (QED) is 0.581. The van der Waals surface area contributed by atoms with Gasteiger partial charge in [-0.3, -0.25) is 10.6 Å². The Morgan fingerprint density at radius 2 is 2.05 bits per heavy atom. The molecule has 4 N–H and O–H groups in total. The predicted molar refractivity (Wildman–Crippen MR) is 71.1 cm³/mol. The summed E-state index contributed by atoms with van der Waals surface area (Å²) in [6.45, 7) is 0. The summed E-state index contributed by atoms with van der Waals surface area (Å²) < 4.78 is 13.1. The van der Waals surface area contributed by atoms with Crippen molar-refractivity contribution in [2.75, 3.05) is 10.7 Å². The monoisotopic (exact) mass is 271 g/mol. The Morgan fingerprint density at radius 1 is 1.30 bits per heavy atom. The molecule has 7 heteroatoms. The Labute approximate surface area is 114 Å². The maximum Gasteiger partial charge on any atom is 0.274 e. The zero-order valence-corrected chi connectivity index (χ0v) is 10.2. The number of pyridine rings is 1. The minimum atomic E-state index is -0.637. The second-order valence-corrected chi connectivity index (χ2v) is 3.84. The van der Waals surface area contributed by atoms with Crippen LogP contribution in [0.15, 0.2) is 36.5 Å². The lowest BCUT2D eigenvalue weighted by Crippen LogP contribution is -2.14. The Hall–Kier alpha value is -2.98. The van der Waals surface area contributed by atoms with E-state index in [0.717, 1.165) is 6.07 Å². The van der Waals surface area contributed by atoms with Gasteiger partial charge in [0.1, 0.15) is 17.6 Å². The molecule has 0 radical (unpaired) electrons. The van der Waals surface area contributed by atoms with Gasteiger partial charge in [0, 0.05) is 5.69 Å².